The summed E-state index contributed by atoms with van der Waals surface area (Å²) >= 11 is 1.84. The van der Waals surface area contributed by atoms with Crippen LogP contribution in [-0.2, 0) is 0 Å². The van der Waals surface area contributed by atoms with E-state index in [0.717, 1.165) is 16.4 Å². The van der Waals surface area contributed by atoms with Gasteiger partial charge in [-0.3, -0.25) is 0 Å². The van der Waals surface area contributed by atoms with Crippen molar-refractivity contribution in [3.8, 4) is 22.5 Å². The second-order valence-corrected chi connectivity index (χ2v) is 13.8. The number of fused-ring (bicyclic) bond motifs is 10. The van der Waals surface area contributed by atoms with E-state index in [9.17, 15) is 0 Å². The van der Waals surface area contributed by atoms with E-state index < -0.39 is 0 Å². The molecule has 0 saturated heterocycles. The molecule has 0 aliphatic rings. The van der Waals surface area contributed by atoms with Gasteiger partial charge in [-0.1, -0.05) is 103 Å². The third-order valence-electron chi connectivity index (χ3n) is 10.1. The highest BCUT2D eigenvalue weighted by molar-refractivity contribution is 7.26. The highest BCUT2D eigenvalue weighted by atomic mass is 32.1. The number of aromatic nitrogens is 3. The minimum atomic E-state index is 1.01. The Kier molecular flexibility index (Phi) is 5.54. The molecule has 0 aliphatic carbocycles. The summed E-state index contributed by atoms with van der Waals surface area (Å²) in [4.78, 5) is 5.21. The summed E-state index contributed by atoms with van der Waals surface area (Å²) in [6.07, 6.45) is 0. The molecule has 4 aromatic heterocycles. The zero-order valence-corrected chi connectivity index (χ0v) is 27.2. The van der Waals surface area contributed by atoms with E-state index in [1.807, 2.05) is 11.3 Å². The Balaban J connectivity index is 1.18. The summed E-state index contributed by atoms with van der Waals surface area (Å²) in [7, 11) is 0. The number of hydrogen-bond acceptors (Lipinski definition) is 2. The number of pyridine rings is 1. The van der Waals surface area contributed by atoms with Crippen LogP contribution < -0.4 is 0 Å². The molecule has 228 valence electrons. The number of nitrogens with zero attached hydrogens (tertiary/aromatic N) is 3. The summed E-state index contributed by atoms with van der Waals surface area (Å²) in [6, 6.07) is 59.4. The van der Waals surface area contributed by atoms with Crippen molar-refractivity contribution in [2.45, 2.75) is 0 Å². The fourth-order valence-electron chi connectivity index (χ4n) is 7.94. The van der Waals surface area contributed by atoms with Crippen molar-refractivity contribution in [1.82, 2.24) is 14.1 Å². The van der Waals surface area contributed by atoms with Gasteiger partial charge in [0.05, 0.1) is 43.5 Å². The zero-order valence-electron chi connectivity index (χ0n) is 26.3. The minimum absolute atomic E-state index is 1.01. The number of benzene rings is 7. The van der Waals surface area contributed by atoms with Crippen LogP contribution in [0.25, 0.3) is 97.3 Å². The molecule has 0 unspecified atom stereocenters. The molecule has 0 atom stereocenters. The molecular weight excluding hydrogens is 615 g/mol. The number of hydrogen-bond donors (Lipinski definition) is 0. The summed E-state index contributed by atoms with van der Waals surface area (Å²) in [5.74, 6) is 0. The highest BCUT2D eigenvalue weighted by Gasteiger charge is 2.21. The van der Waals surface area contributed by atoms with Crippen LogP contribution in [0.1, 0.15) is 0 Å². The van der Waals surface area contributed by atoms with Crippen LogP contribution in [0.3, 0.4) is 0 Å². The molecule has 11 aromatic rings. The third kappa shape index (κ3) is 3.80. The summed E-state index contributed by atoms with van der Waals surface area (Å²) in [5.41, 5.74) is 11.7. The Hall–Kier alpha value is -6.23. The van der Waals surface area contributed by atoms with Crippen LogP contribution in [0, 0.1) is 0 Å². The van der Waals surface area contributed by atoms with Gasteiger partial charge in [-0.15, -0.1) is 11.3 Å². The average molecular weight is 642 g/mol. The maximum Gasteiger partial charge on any atom is 0.0917 e. The second-order valence-electron chi connectivity index (χ2n) is 12.8. The first-order valence-corrected chi connectivity index (χ1v) is 17.5. The average Bonchev–Trinajstić information content (AvgIpc) is 3.81. The van der Waals surface area contributed by atoms with E-state index in [1.165, 1.54) is 80.9 Å². The molecule has 7 aromatic carbocycles. The Bertz CT molecular complexity index is 3110. The van der Waals surface area contributed by atoms with Crippen LogP contribution in [0.15, 0.2) is 164 Å². The van der Waals surface area contributed by atoms with Crippen molar-refractivity contribution < 1.29 is 0 Å². The molecule has 0 amide bonds. The normalized spacial score (nSPS) is 12.1. The van der Waals surface area contributed by atoms with Gasteiger partial charge in [0, 0.05) is 42.7 Å². The Morgan fingerprint density at radius 2 is 0.939 bits per heavy atom. The first-order valence-electron chi connectivity index (χ1n) is 16.6. The molecule has 0 aliphatic heterocycles. The van der Waals surface area contributed by atoms with Crippen molar-refractivity contribution in [3.05, 3.63) is 164 Å². The molecule has 3 nitrogen and oxygen atoms in total. The van der Waals surface area contributed by atoms with Crippen LogP contribution >= 0.6 is 11.3 Å². The first kappa shape index (κ1) is 26.8. The molecule has 4 heterocycles. The SMILES string of the molecule is c1ccc(-n2c3ccccc3c3cc(-c4ccc5c(c4)c4ccccc4n5-c4c5ccccc5nc5c4sc4ccccc45)ccc32)cc1. The smallest absolute Gasteiger partial charge is 0.0917 e. The maximum absolute atomic E-state index is 5.21. The van der Waals surface area contributed by atoms with Gasteiger partial charge >= 0.3 is 0 Å². The van der Waals surface area contributed by atoms with Gasteiger partial charge in [-0.05, 0) is 71.8 Å². The lowest BCUT2D eigenvalue weighted by Gasteiger charge is -2.13. The molecular formula is C45H27N3S. The van der Waals surface area contributed by atoms with Gasteiger partial charge in [0.15, 0.2) is 0 Å². The number of rotatable bonds is 3. The minimum Gasteiger partial charge on any atom is -0.309 e. The van der Waals surface area contributed by atoms with Crippen LogP contribution in [0.4, 0.5) is 0 Å². The fraction of sp³-hybridized carbons (Fsp3) is 0. The standard InChI is InChI=1S/C45H27N3S/c1-2-12-30(13-3-1)47-38-19-9-5-14-31(38)35-26-28(22-24-40(35)47)29-23-25-41-36(27-29)32-15-6-10-20-39(32)48(41)44-33-16-4-8-18-37(33)46-43-34-17-7-11-21-42(34)49-45(43)44/h1-27H. The molecule has 11 rings (SSSR count). The van der Waals surface area contributed by atoms with Crippen LogP contribution in [0.5, 0.6) is 0 Å². The van der Waals surface area contributed by atoms with Crippen molar-refractivity contribution in [3.63, 3.8) is 0 Å². The fourth-order valence-corrected chi connectivity index (χ4v) is 9.13. The lowest BCUT2D eigenvalue weighted by atomic mass is 10.0. The monoisotopic (exact) mass is 641 g/mol. The van der Waals surface area contributed by atoms with E-state index >= 15 is 0 Å². The lowest BCUT2D eigenvalue weighted by Crippen LogP contribution is -1.97. The number of thiophene rings is 1. The van der Waals surface area contributed by atoms with Gasteiger partial charge in [0.2, 0.25) is 0 Å². The van der Waals surface area contributed by atoms with E-state index in [-0.39, 0.29) is 0 Å². The molecule has 0 saturated carbocycles. The van der Waals surface area contributed by atoms with Crippen LogP contribution in [0.2, 0.25) is 0 Å². The van der Waals surface area contributed by atoms with Crippen LogP contribution in [-0.4, -0.2) is 14.1 Å². The third-order valence-corrected chi connectivity index (χ3v) is 11.3. The molecule has 0 fully saturated rings. The molecule has 0 N–H and O–H groups in total. The van der Waals surface area contributed by atoms with E-state index in [4.69, 9.17) is 4.98 Å². The van der Waals surface area contributed by atoms with E-state index in [1.54, 1.807) is 0 Å². The van der Waals surface area contributed by atoms with Crippen molar-refractivity contribution in [2.75, 3.05) is 0 Å². The number of para-hydroxylation sites is 4. The molecule has 4 heteroatoms. The first-order chi connectivity index (χ1) is 24.3. The van der Waals surface area contributed by atoms with E-state index in [0.29, 0.717) is 0 Å². The summed E-state index contributed by atoms with van der Waals surface area (Å²) < 4.78 is 7.33. The zero-order chi connectivity index (χ0) is 32.1. The van der Waals surface area contributed by atoms with Crippen molar-refractivity contribution in [1.29, 1.82) is 0 Å². The second kappa shape index (κ2) is 10.1. The largest absolute Gasteiger partial charge is 0.309 e. The summed E-state index contributed by atoms with van der Waals surface area (Å²) in [5, 5.41) is 7.38. The molecule has 0 spiro atoms. The molecule has 0 bridgehead atoms. The topological polar surface area (TPSA) is 22.8 Å². The Labute approximate surface area is 285 Å². The predicted molar refractivity (Wildman–Crippen MR) is 209 cm³/mol. The summed E-state index contributed by atoms with van der Waals surface area (Å²) in [6.45, 7) is 0. The van der Waals surface area contributed by atoms with Crippen molar-refractivity contribution >= 4 is 86.2 Å². The molecule has 0 radical (unpaired) electrons. The predicted octanol–water partition coefficient (Wildman–Crippen LogP) is 12.5. The van der Waals surface area contributed by atoms with Gasteiger partial charge in [-0.2, -0.15) is 0 Å². The maximum atomic E-state index is 5.21. The quantitative estimate of drug-likeness (QED) is 0.188. The molecule has 49 heavy (non-hydrogen) atoms. The van der Waals surface area contributed by atoms with Crippen molar-refractivity contribution in [2.24, 2.45) is 0 Å². The Morgan fingerprint density at radius 3 is 1.65 bits per heavy atom. The van der Waals surface area contributed by atoms with E-state index in [2.05, 4.69) is 173 Å². The van der Waals surface area contributed by atoms with Gasteiger partial charge < -0.3 is 9.13 Å². The lowest BCUT2D eigenvalue weighted by molar-refractivity contribution is 1.18. The Morgan fingerprint density at radius 1 is 0.408 bits per heavy atom. The highest BCUT2D eigenvalue weighted by Crippen LogP contribution is 2.44. The van der Waals surface area contributed by atoms with Gasteiger partial charge in [0.1, 0.15) is 0 Å². The van der Waals surface area contributed by atoms with Gasteiger partial charge in [-0.25, -0.2) is 4.98 Å². The van der Waals surface area contributed by atoms with Gasteiger partial charge in [0.25, 0.3) is 0 Å².